The molecule has 0 radical (unpaired) electrons. The summed E-state index contributed by atoms with van der Waals surface area (Å²) in [5.41, 5.74) is 2.79. The van der Waals surface area contributed by atoms with Gasteiger partial charge in [-0.3, -0.25) is 4.98 Å². The van der Waals surface area contributed by atoms with E-state index < -0.39 is 0 Å². The van der Waals surface area contributed by atoms with Crippen LogP contribution in [0.25, 0.3) is 11.0 Å². The van der Waals surface area contributed by atoms with E-state index in [1.54, 1.807) is 36.7 Å². The second kappa shape index (κ2) is 7.25. The minimum Gasteiger partial charge on any atom is -0.313 e. The van der Waals surface area contributed by atoms with Gasteiger partial charge in [0.1, 0.15) is 11.6 Å². The Hall–Kier alpha value is -2.73. The molecule has 0 unspecified atom stereocenters. The Morgan fingerprint density at radius 2 is 1.58 bits per heavy atom. The smallest absolute Gasteiger partial charge is 0.169 e. The van der Waals surface area contributed by atoms with Crippen molar-refractivity contribution in [2.24, 2.45) is 0 Å². The van der Waals surface area contributed by atoms with Gasteiger partial charge in [-0.2, -0.15) is 0 Å². The van der Waals surface area contributed by atoms with Crippen molar-refractivity contribution < 1.29 is 8.78 Å². The quantitative estimate of drug-likeness (QED) is 0.463. The first kappa shape index (κ1) is 16.7. The van der Waals surface area contributed by atoms with Crippen molar-refractivity contribution in [3.63, 3.8) is 0 Å². The predicted octanol–water partition coefficient (Wildman–Crippen LogP) is 5.05. The van der Waals surface area contributed by atoms with E-state index in [-0.39, 0.29) is 11.6 Å². The van der Waals surface area contributed by atoms with Crippen LogP contribution in [0.3, 0.4) is 0 Å². The van der Waals surface area contributed by atoms with Crippen molar-refractivity contribution in [3.8, 4) is 0 Å². The third-order valence-corrected chi connectivity index (χ3v) is 5.14. The molecule has 2 heterocycles. The average molecular weight is 367 g/mol. The Labute approximate surface area is 153 Å². The van der Waals surface area contributed by atoms with Gasteiger partial charge in [0.25, 0.3) is 0 Å². The lowest BCUT2D eigenvalue weighted by Gasteiger charge is -2.10. The summed E-state index contributed by atoms with van der Waals surface area (Å²) in [5.74, 6) is -0.0533. The lowest BCUT2D eigenvalue weighted by molar-refractivity contribution is 0.593. The van der Waals surface area contributed by atoms with Gasteiger partial charge in [-0.25, -0.2) is 13.8 Å². The summed E-state index contributed by atoms with van der Waals surface area (Å²) in [6.45, 7) is 0.342. The number of hydrogen-bond donors (Lipinski definition) is 0. The molecule has 0 saturated carbocycles. The van der Waals surface area contributed by atoms with Gasteiger partial charge in [-0.15, -0.1) is 0 Å². The van der Waals surface area contributed by atoms with Gasteiger partial charge in [0, 0.05) is 17.5 Å². The lowest BCUT2D eigenvalue weighted by atomic mass is 10.2. The molecule has 2 aromatic carbocycles. The SMILES string of the molecule is Fc1ccccc1CSc1nc2ccncc2n1Cc1ccccc1F. The third kappa shape index (κ3) is 3.32. The molecule has 130 valence electrons. The fraction of sp³-hybridized carbons (Fsp3) is 0.100. The number of hydrogen-bond acceptors (Lipinski definition) is 3. The molecule has 0 aliphatic rings. The second-order valence-corrected chi connectivity index (χ2v) is 6.76. The molecule has 0 N–H and O–H groups in total. The summed E-state index contributed by atoms with van der Waals surface area (Å²) in [4.78, 5) is 8.78. The Kier molecular flexibility index (Phi) is 4.67. The van der Waals surface area contributed by atoms with Crippen LogP contribution in [-0.4, -0.2) is 14.5 Å². The first-order valence-corrected chi connectivity index (χ1v) is 9.11. The van der Waals surface area contributed by atoms with E-state index in [1.807, 2.05) is 22.8 Å². The van der Waals surface area contributed by atoms with E-state index in [4.69, 9.17) is 0 Å². The van der Waals surface area contributed by atoms with Crippen molar-refractivity contribution in [1.82, 2.24) is 14.5 Å². The number of rotatable bonds is 5. The zero-order chi connectivity index (χ0) is 17.9. The van der Waals surface area contributed by atoms with E-state index >= 15 is 0 Å². The molecule has 26 heavy (non-hydrogen) atoms. The molecule has 0 aliphatic carbocycles. The van der Waals surface area contributed by atoms with Gasteiger partial charge >= 0.3 is 0 Å². The number of imidazole rings is 1. The molecule has 0 aliphatic heterocycles. The molecule has 0 atom stereocenters. The van der Waals surface area contributed by atoms with E-state index in [0.29, 0.717) is 28.6 Å². The van der Waals surface area contributed by atoms with Crippen LogP contribution in [-0.2, 0) is 12.3 Å². The summed E-state index contributed by atoms with van der Waals surface area (Å²) in [6.07, 6.45) is 3.39. The molecule has 3 nitrogen and oxygen atoms in total. The highest BCUT2D eigenvalue weighted by atomic mass is 32.2. The van der Waals surface area contributed by atoms with Crippen LogP contribution in [0.2, 0.25) is 0 Å². The summed E-state index contributed by atoms with van der Waals surface area (Å²) < 4.78 is 29.9. The monoisotopic (exact) mass is 367 g/mol. The molecule has 0 saturated heterocycles. The Morgan fingerprint density at radius 1 is 0.885 bits per heavy atom. The van der Waals surface area contributed by atoms with Crippen molar-refractivity contribution >= 4 is 22.8 Å². The highest BCUT2D eigenvalue weighted by molar-refractivity contribution is 7.98. The van der Waals surface area contributed by atoms with Crippen LogP contribution in [0.1, 0.15) is 11.1 Å². The predicted molar refractivity (Wildman–Crippen MR) is 99.0 cm³/mol. The zero-order valence-electron chi connectivity index (χ0n) is 13.8. The van der Waals surface area contributed by atoms with Crippen LogP contribution in [0.4, 0.5) is 8.78 Å². The third-order valence-electron chi connectivity index (χ3n) is 4.12. The Balaban J connectivity index is 1.70. The first-order valence-electron chi connectivity index (χ1n) is 8.12. The van der Waals surface area contributed by atoms with E-state index in [9.17, 15) is 8.78 Å². The number of aromatic nitrogens is 3. The van der Waals surface area contributed by atoms with Crippen molar-refractivity contribution in [3.05, 3.63) is 89.8 Å². The zero-order valence-corrected chi connectivity index (χ0v) is 14.6. The second-order valence-electron chi connectivity index (χ2n) is 5.82. The summed E-state index contributed by atoms with van der Waals surface area (Å²) in [7, 11) is 0. The Bertz CT molecular complexity index is 1060. The average Bonchev–Trinajstić information content (AvgIpc) is 3.01. The maximum absolute atomic E-state index is 14.1. The van der Waals surface area contributed by atoms with Crippen LogP contribution >= 0.6 is 11.8 Å². The molecule has 4 rings (SSSR count). The van der Waals surface area contributed by atoms with Gasteiger partial charge in [-0.1, -0.05) is 48.2 Å². The molecule has 6 heteroatoms. The summed E-state index contributed by atoms with van der Waals surface area (Å²) in [6, 6.07) is 15.2. The van der Waals surface area contributed by atoms with Crippen LogP contribution in [0, 0.1) is 11.6 Å². The highest BCUT2D eigenvalue weighted by Gasteiger charge is 2.14. The maximum Gasteiger partial charge on any atom is 0.169 e. The van der Waals surface area contributed by atoms with Crippen molar-refractivity contribution in [2.45, 2.75) is 17.5 Å². The van der Waals surface area contributed by atoms with Crippen LogP contribution < -0.4 is 0 Å². The minimum atomic E-state index is -0.261. The van der Waals surface area contributed by atoms with Gasteiger partial charge in [0.15, 0.2) is 5.16 Å². The molecular weight excluding hydrogens is 352 g/mol. The van der Waals surface area contributed by atoms with Gasteiger partial charge < -0.3 is 4.57 Å². The van der Waals surface area contributed by atoms with Crippen molar-refractivity contribution in [1.29, 1.82) is 0 Å². The number of benzene rings is 2. The van der Waals surface area contributed by atoms with Gasteiger partial charge in [-0.05, 0) is 23.8 Å². The molecule has 0 bridgehead atoms. The topological polar surface area (TPSA) is 30.7 Å². The summed E-state index contributed by atoms with van der Waals surface area (Å²) in [5, 5.41) is 0.708. The standard InChI is InChI=1S/C20H15F2N3S/c21-16-7-3-1-5-14(16)12-25-19-11-23-10-9-18(19)24-20(25)26-13-15-6-2-4-8-17(15)22/h1-11H,12-13H2. The molecule has 0 amide bonds. The highest BCUT2D eigenvalue weighted by Crippen LogP contribution is 2.28. The number of halogens is 2. The fourth-order valence-electron chi connectivity index (χ4n) is 2.77. The number of fused-ring (bicyclic) bond motifs is 1. The molecule has 0 fully saturated rings. The number of nitrogens with zero attached hydrogens (tertiary/aromatic N) is 3. The lowest BCUT2D eigenvalue weighted by Crippen LogP contribution is -2.04. The van der Waals surface area contributed by atoms with E-state index in [2.05, 4.69) is 9.97 Å². The molecule has 2 aromatic heterocycles. The number of pyridine rings is 1. The maximum atomic E-state index is 14.1. The van der Waals surface area contributed by atoms with Crippen LogP contribution in [0.15, 0.2) is 72.1 Å². The van der Waals surface area contributed by atoms with Crippen LogP contribution in [0.5, 0.6) is 0 Å². The molecule has 4 aromatic rings. The minimum absolute atomic E-state index is 0.238. The van der Waals surface area contributed by atoms with Gasteiger partial charge in [0.05, 0.1) is 23.8 Å². The normalized spacial score (nSPS) is 11.2. The van der Waals surface area contributed by atoms with E-state index in [1.165, 1.54) is 23.9 Å². The number of thioether (sulfide) groups is 1. The molecule has 0 spiro atoms. The largest absolute Gasteiger partial charge is 0.313 e. The Morgan fingerprint density at radius 3 is 2.31 bits per heavy atom. The summed E-state index contributed by atoms with van der Waals surface area (Å²) >= 11 is 1.43. The molecular formula is C20H15F2N3S. The van der Waals surface area contributed by atoms with Gasteiger partial charge in [0.2, 0.25) is 0 Å². The first-order chi connectivity index (χ1) is 12.7. The fourth-order valence-corrected chi connectivity index (χ4v) is 3.77. The van der Waals surface area contributed by atoms with Crippen molar-refractivity contribution in [2.75, 3.05) is 0 Å². The van der Waals surface area contributed by atoms with E-state index in [0.717, 1.165) is 11.0 Å².